The van der Waals surface area contributed by atoms with Crippen molar-refractivity contribution in [3.05, 3.63) is 40.3 Å². The summed E-state index contributed by atoms with van der Waals surface area (Å²) in [5.74, 6) is -3.12. The highest BCUT2D eigenvalue weighted by atomic mass is 32.1. The van der Waals surface area contributed by atoms with E-state index in [1.54, 1.807) is 0 Å². The van der Waals surface area contributed by atoms with Crippen LogP contribution in [0.2, 0.25) is 0 Å². The van der Waals surface area contributed by atoms with Crippen LogP contribution in [0.15, 0.2) is 23.6 Å². The summed E-state index contributed by atoms with van der Waals surface area (Å²) < 4.78 is 4.96. The summed E-state index contributed by atoms with van der Waals surface area (Å²) in [4.78, 5) is 36.9. The molecular weight excluding hydrogens is 390 g/mol. The van der Waals surface area contributed by atoms with Crippen molar-refractivity contribution in [2.24, 2.45) is 11.8 Å². The molecule has 1 amide bonds. The van der Waals surface area contributed by atoms with E-state index in [9.17, 15) is 19.5 Å². The van der Waals surface area contributed by atoms with Crippen LogP contribution in [0.4, 0.5) is 5.00 Å². The van der Waals surface area contributed by atoms with Gasteiger partial charge < -0.3 is 15.2 Å². The lowest BCUT2D eigenvalue weighted by molar-refractivity contribution is -0.147. The molecule has 1 aliphatic rings. The molecule has 0 bridgehead atoms. The van der Waals surface area contributed by atoms with E-state index in [-0.39, 0.29) is 5.91 Å². The number of rotatable bonds is 5. The van der Waals surface area contributed by atoms with Gasteiger partial charge in [-0.15, -0.1) is 11.3 Å². The second kappa shape index (κ2) is 8.78. The average Bonchev–Trinajstić information content (AvgIpc) is 3.12. The van der Waals surface area contributed by atoms with Crippen molar-refractivity contribution < 1.29 is 24.2 Å². The summed E-state index contributed by atoms with van der Waals surface area (Å²) in [6.45, 7) is 4.02. The lowest BCUT2D eigenvalue weighted by Crippen LogP contribution is -2.36. The van der Waals surface area contributed by atoms with Gasteiger partial charge in [0.2, 0.25) is 5.91 Å². The number of hydrogen-bond donors (Lipinski definition) is 2. The molecule has 7 heteroatoms. The number of thiophene rings is 1. The second-order valence-electron chi connectivity index (χ2n) is 7.47. The maximum Gasteiger partial charge on any atom is 0.341 e. The first kappa shape index (κ1) is 21.0. The molecule has 1 aromatic heterocycles. The third-order valence-corrected chi connectivity index (χ3v) is 6.55. The lowest BCUT2D eigenvalue weighted by Gasteiger charge is -2.27. The van der Waals surface area contributed by atoms with Gasteiger partial charge in [-0.25, -0.2) is 4.79 Å². The van der Waals surface area contributed by atoms with Crippen molar-refractivity contribution in [2.45, 2.75) is 39.5 Å². The fourth-order valence-corrected chi connectivity index (χ4v) is 4.78. The molecule has 0 radical (unpaired) electrons. The molecule has 0 saturated heterocycles. The number of aliphatic carboxylic acids is 1. The second-order valence-corrected chi connectivity index (χ2v) is 8.35. The van der Waals surface area contributed by atoms with E-state index in [0.717, 1.165) is 29.5 Å². The molecule has 1 aromatic carbocycles. The van der Waals surface area contributed by atoms with Gasteiger partial charge in [0.15, 0.2) is 0 Å². The van der Waals surface area contributed by atoms with Gasteiger partial charge in [-0.1, -0.05) is 31.0 Å². The Morgan fingerprint density at radius 1 is 1.10 bits per heavy atom. The quantitative estimate of drug-likeness (QED) is 0.694. The Bertz CT molecular complexity index is 949. The Morgan fingerprint density at radius 2 is 1.79 bits per heavy atom. The zero-order valence-corrected chi connectivity index (χ0v) is 17.6. The number of ether oxygens (including phenoxy) is 1. The molecule has 1 saturated carbocycles. The molecule has 0 spiro atoms. The molecule has 1 heterocycles. The summed E-state index contributed by atoms with van der Waals surface area (Å²) >= 11 is 1.25. The van der Waals surface area contributed by atoms with Crippen molar-refractivity contribution in [3.63, 3.8) is 0 Å². The number of nitrogens with one attached hydrogen (secondary N) is 1. The maximum atomic E-state index is 12.9. The van der Waals surface area contributed by atoms with Gasteiger partial charge in [0.1, 0.15) is 10.6 Å². The number of carbonyl (C=O) groups is 3. The number of benzene rings is 1. The maximum absolute atomic E-state index is 12.9. The zero-order chi connectivity index (χ0) is 21.1. The Balaban J connectivity index is 1.94. The van der Waals surface area contributed by atoms with Crippen LogP contribution in [0, 0.1) is 25.7 Å². The molecule has 0 unspecified atom stereocenters. The Labute approximate surface area is 173 Å². The molecule has 0 aliphatic heterocycles. The van der Waals surface area contributed by atoms with Crippen LogP contribution in [0.1, 0.15) is 47.2 Å². The van der Waals surface area contributed by atoms with Crippen LogP contribution in [0.25, 0.3) is 11.1 Å². The molecule has 6 nitrogen and oxygen atoms in total. The standard InChI is InChI=1S/C22H25NO5S/c1-12-8-9-14(10-13(12)2)17-11-29-20(18(17)22(27)28-3)23-19(24)15-6-4-5-7-16(15)21(25)26/h8-11,15-16H,4-7H2,1-3H3,(H,23,24)(H,25,26)/t15-,16+/m1/s1. The van der Waals surface area contributed by atoms with Crippen LogP contribution in [0.3, 0.4) is 0 Å². The van der Waals surface area contributed by atoms with E-state index in [4.69, 9.17) is 4.74 Å². The molecule has 1 aliphatic carbocycles. The first-order valence-corrected chi connectivity index (χ1v) is 10.5. The summed E-state index contributed by atoms with van der Waals surface area (Å²) in [5.41, 5.74) is 4.11. The molecule has 2 N–H and O–H groups in total. The van der Waals surface area contributed by atoms with E-state index in [1.165, 1.54) is 18.4 Å². The van der Waals surface area contributed by atoms with Gasteiger partial charge >= 0.3 is 11.9 Å². The number of amides is 1. The van der Waals surface area contributed by atoms with Crippen molar-refractivity contribution in [2.75, 3.05) is 12.4 Å². The van der Waals surface area contributed by atoms with Crippen LogP contribution in [-0.2, 0) is 14.3 Å². The molecule has 1 fully saturated rings. The predicted molar refractivity (Wildman–Crippen MR) is 112 cm³/mol. The van der Waals surface area contributed by atoms with E-state index < -0.39 is 23.8 Å². The normalized spacial score (nSPS) is 18.9. The zero-order valence-electron chi connectivity index (χ0n) is 16.8. The Kier molecular flexibility index (Phi) is 6.37. The average molecular weight is 416 g/mol. The third kappa shape index (κ3) is 4.34. The summed E-state index contributed by atoms with van der Waals surface area (Å²) in [7, 11) is 1.30. The lowest BCUT2D eigenvalue weighted by atomic mass is 9.79. The minimum atomic E-state index is -0.944. The van der Waals surface area contributed by atoms with Gasteiger partial charge in [0.05, 0.1) is 18.9 Å². The van der Waals surface area contributed by atoms with Gasteiger partial charge in [-0.05, 0) is 43.4 Å². The number of aryl methyl sites for hydroxylation is 2. The molecule has 29 heavy (non-hydrogen) atoms. The highest BCUT2D eigenvalue weighted by molar-refractivity contribution is 7.15. The first-order valence-electron chi connectivity index (χ1n) is 9.64. The van der Waals surface area contributed by atoms with Gasteiger partial charge in [0.25, 0.3) is 0 Å². The van der Waals surface area contributed by atoms with Gasteiger partial charge in [-0.2, -0.15) is 0 Å². The van der Waals surface area contributed by atoms with Crippen molar-refractivity contribution in [1.82, 2.24) is 0 Å². The molecule has 2 atom stereocenters. The van der Waals surface area contributed by atoms with E-state index in [0.29, 0.717) is 29.0 Å². The topological polar surface area (TPSA) is 92.7 Å². The third-order valence-electron chi connectivity index (χ3n) is 5.66. The SMILES string of the molecule is COC(=O)c1c(-c2ccc(C)c(C)c2)csc1NC(=O)[C@@H]1CCCC[C@@H]1C(=O)O. The van der Waals surface area contributed by atoms with Crippen LogP contribution >= 0.6 is 11.3 Å². The van der Waals surface area contributed by atoms with Gasteiger partial charge in [-0.3, -0.25) is 9.59 Å². The van der Waals surface area contributed by atoms with Crippen molar-refractivity contribution >= 4 is 34.2 Å². The predicted octanol–water partition coefficient (Wildman–Crippen LogP) is 4.65. The summed E-state index contributed by atoms with van der Waals surface area (Å²) in [6.07, 6.45) is 2.66. The monoisotopic (exact) mass is 415 g/mol. The fourth-order valence-electron chi connectivity index (χ4n) is 3.82. The fraction of sp³-hybridized carbons (Fsp3) is 0.409. The molecule has 2 aromatic rings. The minimum Gasteiger partial charge on any atom is -0.481 e. The summed E-state index contributed by atoms with van der Waals surface area (Å²) in [6, 6.07) is 5.92. The smallest absolute Gasteiger partial charge is 0.341 e. The Hall–Kier alpha value is -2.67. The number of carboxylic acid groups (broad SMARTS) is 1. The molecular formula is C22H25NO5S. The largest absolute Gasteiger partial charge is 0.481 e. The number of carboxylic acids is 1. The van der Waals surface area contributed by atoms with Gasteiger partial charge in [0, 0.05) is 10.9 Å². The van der Waals surface area contributed by atoms with Crippen LogP contribution in [0.5, 0.6) is 0 Å². The number of anilines is 1. The summed E-state index contributed by atoms with van der Waals surface area (Å²) in [5, 5.41) is 14.5. The first-order chi connectivity index (χ1) is 13.8. The Morgan fingerprint density at radius 3 is 2.41 bits per heavy atom. The van der Waals surface area contributed by atoms with E-state index in [2.05, 4.69) is 5.32 Å². The number of esters is 1. The van der Waals surface area contributed by atoms with Crippen molar-refractivity contribution in [3.8, 4) is 11.1 Å². The highest BCUT2D eigenvalue weighted by Gasteiger charge is 2.36. The molecule has 154 valence electrons. The van der Waals surface area contributed by atoms with Crippen LogP contribution in [-0.4, -0.2) is 30.1 Å². The van der Waals surface area contributed by atoms with E-state index in [1.807, 2.05) is 37.4 Å². The number of carbonyl (C=O) groups excluding carboxylic acids is 2. The highest BCUT2D eigenvalue weighted by Crippen LogP contribution is 2.38. The van der Waals surface area contributed by atoms with E-state index >= 15 is 0 Å². The number of methoxy groups -OCH3 is 1. The number of hydrogen-bond acceptors (Lipinski definition) is 5. The van der Waals surface area contributed by atoms with Crippen molar-refractivity contribution in [1.29, 1.82) is 0 Å². The molecule has 3 rings (SSSR count). The van der Waals surface area contributed by atoms with Crippen LogP contribution < -0.4 is 5.32 Å². The minimum absolute atomic E-state index is 0.303.